The van der Waals surface area contributed by atoms with E-state index in [1.807, 2.05) is 0 Å². The van der Waals surface area contributed by atoms with E-state index in [0.717, 1.165) is 0 Å². The van der Waals surface area contributed by atoms with Gasteiger partial charge in [-0.15, -0.1) is 5.10 Å². The van der Waals surface area contributed by atoms with Gasteiger partial charge in [-0.3, -0.25) is 0 Å². The SMILES string of the molecule is Nc1c(Cl)cnnc1NC1CC1. The number of nitrogens with zero attached hydrogens (tertiary/aromatic N) is 2. The van der Waals surface area contributed by atoms with E-state index in [1.165, 1.54) is 19.0 Å². The molecule has 0 atom stereocenters. The second-order valence-corrected chi connectivity index (χ2v) is 3.28. The van der Waals surface area contributed by atoms with Crippen molar-refractivity contribution < 1.29 is 0 Å². The van der Waals surface area contributed by atoms with Crippen LogP contribution in [-0.2, 0) is 0 Å². The van der Waals surface area contributed by atoms with Crippen LogP contribution >= 0.6 is 11.6 Å². The maximum absolute atomic E-state index is 5.75. The van der Waals surface area contributed by atoms with Crippen molar-refractivity contribution in [3.05, 3.63) is 11.2 Å². The van der Waals surface area contributed by atoms with Crippen molar-refractivity contribution in [1.82, 2.24) is 10.2 Å². The Balaban J connectivity index is 2.23. The first-order chi connectivity index (χ1) is 5.77. The van der Waals surface area contributed by atoms with Gasteiger partial charge in [0.1, 0.15) is 0 Å². The average Bonchev–Trinajstić information content (AvgIpc) is 2.83. The van der Waals surface area contributed by atoms with Gasteiger partial charge in [-0.1, -0.05) is 11.6 Å². The lowest BCUT2D eigenvalue weighted by atomic mass is 10.4. The molecule has 0 unspecified atom stereocenters. The topological polar surface area (TPSA) is 63.8 Å². The minimum Gasteiger partial charge on any atom is -0.394 e. The van der Waals surface area contributed by atoms with E-state index >= 15 is 0 Å². The van der Waals surface area contributed by atoms with Crippen LogP contribution in [-0.4, -0.2) is 16.2 Å². The maximum Gasteiger partial charge on any atom is 0.173 e. The summed E-state index contributed by atoms with van der Waals surface area (Å²) >= 11 is 5.75. The molecule has 3 N–H and O–H groups in total. The van der Waals surface area contributed by atoms with Crippen molar-refractivity contribution in [3.8, 4) is 0 Å². The zero-order valence-corrected chi connectivity index (χ0v) is 7.17. The summed E-state index contributed by atoms with van der Waals surface area (Å²) in [5.74, 6) is 0.602. The molecule has 1 aliphatic carbocycles. The predicted molar refractivity (Wildman–Crippen MR) is 48.1 cm³/mol. The fourth-order valence-electron chi connectivity index (χ4n) is 0.901. The van der Waals surface area contributed by atoms with Crippen LogP contribution in [0.15, 0.2) is 6.20 Å². The van der Waals surface area contributed by atoms with Gasteiger partial charge in [-0.25, -0.2) is 0 Å². The Morgan fingerprint density at radius 1 is 1.58 bits per heavy atom. The number of anilines is 2. The lowest BCUT2D eigenvalue weighted by Gasteiger charge is -2.05. The molecule has 1 saturated carbocycles. The summed E-state index contributed by atoms with van der Waals surface area (Å²) in [5.41, 5.74) is 6.15. The molecule has 0 bridgehead atoms. The minimum absolute atomic E-state index is 0.452. The molecule has 0 aromatic carbocycles. The maximum atomic E-state index is 5.75. The average molecular weight is 185 g/mol. The van der Waals surface area contributed by atoms with Crippen molar-refractivity contribution in [2.75, 3.05) is 11.1 Å². The van der Waals surface area contributed by atoms with Gasteiger partial charge in [0.15, 0.2) is 5.82 Å². The zero-order valence-electron chi connectivity index (χ0n) is 6.42. The molecule has 2 rings (SSSR count). The first-order valence-corrected chi connectivity index (χ1v) is 4.18. The number of nitrogens with one attached hydrogen (secondary N) is 1. The Labute approximate surface area is 75.1 Å². The predicted octanol–water partition coefficient (Wildman–Crippen LogP) is 1.29. The summed E-state index contributed by atoms with van der Waals surface area (Å²) < 4.78 is 0. The first-order valence-electron chi connectivity index (χ1n) is 3.80. The zero-order chi connectivity index (χ0) is 8.55. The van der Waals surface area contributed by atoms with Gasteiger partial charge in [0.25, 0.3) is 0 Å². The van der Waals surface area contributed by atoms with Crippen LogP contribution in [0.5, 0.6) is 0 Å². The molecular formula is C7H9ClN4. The van der Waals surface area contributed by atoms with Gasteiger partial charge in [0.05, 0.1) is 16.9 Å². The Hall–Kier alpha value is -1.03. The normalized spacial score (nSPS) is 16.1. The number of halogens is 1. The molecule has 12 heavy (non-hydrogen) atoms. The second-order valence-electron chi connectivity index (χ2n) is 2.87. The largest absolute Gasteiger partial charge is 0.394 e. The molecule has 0 amide bonds. The van der Waals surface area contributed by atoms with Crippen LogP contribution in [0.3, 0.4) is 0 Å². The number of aromatic nitrogens is 2. The van der Waals surface area contributed by atoms with Crippen LogP contribution in [0.1, 0.15) is 12.8 Å². The molecule has 4 nitrogen and oxygen atoms in total. The molecular weight excluding hydrogens is 176 g/mol. The van der Waals surface area contributed by atoms with E-state index in [4.69, 9.17) is 17.3 Å². The molecule has 1 aliphatic rings. The van der Waals surface area contributed by atoms with E-state index in [0.29, 0.717) is 22.6 Å². The molecule has 1 heterocycles. The Morgan fingerprint density at radius 2 is 2.33 bits per heavy atom. The number of hydrogen-bond acceptors (Lipinski definition) is 4. The third kappa shape index (κ3) is 1.43. The Bertz CT molecular complexity index is 297. The van der Waals surface area contributed by atoms with Gasteiger partial charge in [-0.2, -0.15) is 5.10 Å². The number of nitrogens with two attached hydrogens (primary N) is 1. The molecule has 0 radical (unpaired) electrons. The highest BCUT2D eigenvalue weighted by Crippen LogP contribution is 2.29. The third-order valence-corrected chi connectivity index (χ3v) is 2.06. The fourth-order valence-corrected chi connectivity index (χ4v) is 1.03. The van der Waals surface area contributed by atoms with Crippen LogP contribution in [0.4, 0.5) is 11.5 Å². The Kier molecular flexibility index (Phi) is 1.77. The van der Waals surface area contributed by atoms with E-state index in [2.05, 4.69) is 15.5 Å². The molecule has 0 spiro atoms. The van der Waals surface area contributed by atoms with Crippen molar-refractivity contribution in [2.24, 2.45) is 0 Å². The van der Waals surface area contributed by atoms with E-state index < -0.39 is 0 Å². The van der Waals surface area contributed by atoms with Crippen LogP contribution in [0, 0.1) is 0 Å². The number of rotatable bonds is 2. The molecule has 64 valence electrons. The summed E-state index contributed by atoms with van der Waals surface area (Å²) in [6.45, 7) is 0. The van der Waals surface area contributed by atoms with E-state index in [1.54, 1.807) is 0 Å². The summed E-state index contributed by atoms with van der Waals surface area (Å²) in [5, 5.41) is 11.1. The lowest BCUT2D eigenvalue weighted by Crippen LogP contribution is -2.07. The summed E-state index contributed by atoms with van der Waals surface area (Å²) in [6.07, 6.45) is 3.79. The molecule has 1 aromatic rings. The molecule has 1 fully saturated rings. The first kappa shape index (κ1) is 7.61. The lowest BCUT2D eigenvalue weighted by molar-refractivity contribution is 1.00. The van der Waals surface area contributed by atoms with E-state index in [9.17, 15) is 0 Å². The second kappa shape index (κ2) is 2.79. The highest BCUT2D eigenvalue weighted by atomic mass is 35.5. The number of nitrogen functional groups attached to an aromatic ring is 1. The van der Waals surface area contributed by atoms with Gasteiger partial charge in [0, 0.05) is 6.04 Å². The summed E-state index contributed by atoms with van der Waals surface area (Å²) in [4.78, 5) is 0. The standard InChI is InChI=1S/C7H9ClN4/c8-5-3-10-12-7(6(5)9)11-4-1-2-4/h3-4H,1-2H2,(H2,9,10)(H,11,12). The quantitative estimate of drug-likeness (QED) is 0.727. The van der Waals surface area contributed by atoms with Gasteiger partial charge < -0.3 is 11.1 Å². The monoisotopic (exact) mass is 184 g/mol. The molecule has 1 aromatic heterocycles. The number of hydrogen-bond donors (Lipinski definition) is 2. The fraction of sp³-hybridized carbons (Fsp3) is 0.429. The molecule has 5 heteroatoms. The summed E-state index contributed by atoms with van der Waals surface area (Å²) in [6, 6.07) is 0.514. The molecule has 0 saturated heterocycles. The van der Waals surface area contributed by atoms with Gasteiger partial charge >= 0.3 is 0 Å². The van der Waals surface area contributed by atoms with Crippen LogP contribution in [0.25, 0.3) is 0 Å². The van der Waals surface area contributed by atoms with Crippen molar-refractivity contribution in [3.63, 3.8) is 0 Å². The molecule has 0 aliphatic heterocycles. The van der Waals surface area contributed by atoms with Crippen molar-refractivity contribution in [1.29, 1.82) is 0 Å². The van der Waals surface area contributed by atoms with Crippen molar-refractivity contribution in [2.45, 2.75) is 18.9 Å². The highest BCUT2D eigenvalue weighted by molar-refractivity contribution is 6.33. The third-order valence-electron chi connectivity index (χ3n) is 1.76. The van der Waals surface area contributed by atoms with Gasteiger partial charge in [-0.05, 0) is 12.8 Å². The Morgan fingerprint density at radius 3 is 3.00 bits per heavy atom. The van der Waals surface area contributed by atoms with Crippen LogP contribution < -0.4 is 11.1 Å². The highest BCUT2D eigenvalue weighted by Gasteiger charge is 2.22. The van der Waals surface area contributed by atoms with Crippen molar-refractivity contribution >= 4 is 23.1 Å². The van der Waals surface area contributed by atoms with E-state index in [-0.39, 0.29) is 0 Å². The minimum atomic E-state index is 0.452. The van der Waals surface area contributed by atoms with Crippen LogP contribution in [0.2, 0.25) is 5.02 Å². The smallest absolute Gasteiger partial charge is 0.173 e. The summed E-state index contributed by atoms with van der Waals surface area (Å²) in [7, 11) is 0. The van der Waals surface area contributed by atoms with Gasteiger partial charge in [0.2, 0.25) is 0 Å².